The minimum Gasteiger partial charge on any atom is -0.384 e. The van der Waals surface area contributed by atoms with Crippen LogP contribution >= 0.6 is 22.9 Å². The molecule has 0 spiro atoms. The van der Waals surface area contributed by atoms with Gasteiger partial charge < -0.3 is 11.1 Å². The Kier molecular flexibility index (Phi) is 6.52. The normalized spacial score (nSPS) is 11.4. The fourth-order valence-electron chi connectivity index (χ4n) is 2.89. The number of benzene rings is 1. The summed E-state index contributed by atoms with van der Waals surface area (Å²) < 4.78 is 2.05. The van der Waals surface area contributed by atoms with Crippen LogP contribution in [0.5, 0.6) is 0 Å². The van der Waals surface area contributed by atoms with Gasteiger partial charge >= 0.3 is 5.69 Å². The van der Waals surface area contributed by atoms with E-state index in [4.69, 9.17) is 17.3 Å². The number of hydrogen-bond acceptors (Lipinski definition) is 7. The molecule has 0 aliphatic carbocycles. The van der Waals surface area contributed by atoms with Gasteiger partial charge in [-0.25, -0.2) is 9.78 Å². The van der Waals surface area contributed by atoms with Crippen LogP contribution in [0.3, 0.4) is 0 Å². The molecule has 0 aliphatic heterocycles. The summed E-state index contributed by atoms with van der Waals surface area (Å²) in [4.78, 5) is 45.4. The molecule has 0 unspecified atom stereocenters. The minimum absolute atomic E-state index is 0.0214. The number of rotatable bonds is 6. The van der Waals surface area contributed by atoms with Gasteiger partial charge in [-0.05, 0) is 24.4 Å². The van der Waals surface area contributed by atoms with Crippen LogP contribution in [0.1, 0.15) is 12.0 Å². The Bertz CT molecular complexity index is 1300. The number of anilines is 2. The van der Waals surface area contributed by atoms with Crippen molar-refractivity contribution >= 4 is 52.1 Å². The zero-order valence-corrected chi connectivity index (χ0v) is 18.3. The number of carbonyl (C=O) groups excluding carboxylic acids is 1. The van der Waals surface area contributed by atoms with Gasteiger partial charge in [0.25, 0.3) is 5.56 Å². The lowest BCUT2D eigenvalue weighted by molar-refractivity contribution is -0.115. The average molecular weight is 459 g/mol. The number of nitrogen functional groups attached to an aromatic ring is 1. The summed E-state index contributed by atoms with van der Waals surface area (Å²) in [5.74, 6) is -0.489. The molecule has 0 aliphatic rings. The molecule has 2 aromatic heterocycles. The van der Waals surface area contributed by atoms with E-state index in [0.29, 0.717) is 15.8 Å². The number of thiazole rings is 1. The maximum atomic E-state index is 12.6. The lowest BCUT2D eigenvalue weighted by Gasteiger charge is -2.13. The van der Waals surface area contributed by atoms with E-state index in [1.807, 2.05) is 17.5 Å². The zero-order valence-electron chi connectivity index (χ0n) is 16.8. The molecule has 31 heavy (non-hydrogen) atoms. The Morgan fingerprint density at radius 3 is 2.61 bits per heavy atom. The summed E-state index contributed by atoms with van der Waals surface area (Å²) in [6, 6.07) is 7.17. The first-order chi connectivity index (χ1) is 14.7. The smallest absolute Gasteiger partial charge is 0.332 e. The molecule has 3 N–H and O–H groups in total. The van der Waals surface area contributed by atoms with Crippen molar-refractivity contribution in [2.24, 2.45) is 19.1 Å². The highest BCUT2D eigenvalue weighted by molar-refractivity contribution is 7.14. The molecule has 1 amide bonds. The van der Waals surface area contributed by atoms with E-state index < -0.39 is 17.2 Å². The summed E-state index contributed by atoms with van der Waals surface area (Å²) in [6.07, 6.45) is 1.06. The number of amides is 1. The predicted octanol–water partition coefficient (Wildman–Crippen LogP) is 2.51. The third kappa shape index (κ3) is 4.65. The highest BCUT2D eigenvalue weighted by Gasteiger charge is 2.20. The number of nitrogens with two attached hydrogens (primary N) is 1. The first-order valence-electron chi connectivity index (χ1n) is 8.95. The summed E-state index contributed by atoms with van der Waals surface area (Å²) in [5.41, 5.74) is 6.60. The number of aromatic nitrogens is 3. The molecule has 2 heterocycles. The van der Waals surface area contributed by atoms with Crippen molar-refractivity contribution in [3.63, 3.8) is 0 Å². The van der Waals surface area contributed by atoms with Crippen LogP contribution in [0.4, 0.5) is 10.9 Å². The standard InChI is InChI=1S/C20H19ClN6O3S/c1-23-9-12(16-17(22)26(2)20(30)27(3)18(16)29)8-15(28)25-19-24-14(10-31-19)11-4-6-13(21)7-5-11/h4-7,9-10H,1,8,22H2,2-3H3,(H,24,25,28)/b12-9-. The SMILES string of the molecule is C=N/C=C(/CC(=O)Nc1nc(-c2ccc(Cl)cc2)cs1)c1c(N)n(C)c(=O)n(C)c1=O. The molecule has 0 radical (unpaired) electrons. The molecule has 0 bridgehead atoms. The molecule has 0 atom stereocenters. The van der Waals surface area contributed by atoms with Crippen LogP contribution in [0.2, 0.25) is 5.02 Å². The van der Waals surface area contributed by atoms with Crippen LogP contribution in [0.25, 0.3) is 16.8 Å². The maximum Gasteiger partial charge on any atom is 0.332 e. The maximum absolute atomic E-state index is 12.6. The molecule has 0 saturated carbocycles. The van der Waals surface area contributed by atoms with Crippen LogP contribution in [0.15, 0.2) is 50.4 Å². The topological polar surface area (TPSA) is 124 Å². The van der Waals surface area contributed by atoms with E-state index in [9.17, 15) is 14.4 Å². The van der Waals surface area contributed by atoms with Gasteiger partial charge in [0.05, 0.1) is 17.7 Å². The van der Waals surface area contributed by atoms with Gasteiger partial charge in [0, 0.05) is 36.3 Å². The van der Waals surface area contributed by atoms with Crippen molar-refractivity contribution in [2.75, 3.05) is 11.1 Å². The highest BCUT2D eigenvalue weighted by atomic mass is 35.5. The number of nitrogens with zero attached hydrogens (tertiary/aromatic N) is 4. The first kappa shape index (κ1) is 22.2. The first-order valence-corrected chi connectivity index (χ1v) is 10.2. The van der Waals surface area contributed by atoms with E-state index in [-0.39, 0.29) is 23.4 Å². The zero-order chi connectivity index (χ0) is 22.7. The van der Waals surface area contributed by atoms with Crippen molar-refractivity contribution in [3.05, 3.63) is 67.3 Å². The van der Waals surface area contributed by atoms with E-state index >= 15 is 0 Å². The minimum atomic E-state index is -0.623. The largest absolute Gasteiger partial charge is 0.384 e. The molecule has 160 valence electrons. The summed E-state index contributed by atoms with van der Waals surface area (Å²) in [7, 11) is 2.77. The Labute approximate surface area is 186 Å². The van der Waals surface area contributed by atoms with E-state index in [0.717, 1.165) is 14.7 Å². The average Bonchev–Trinajstić information content (AvgIpc) is 3.20. The second-order valence-corrected chi connectivity index (χ2v) is 7.87. The predicted molar refractivity (Wildman–Crippen MR) is 125 cm³/mol. The van der Waals surface area contributed by atoms with Gasteiger partial charge in [-0.1, -0.05) is 23.7 Å². The number of nitrogens with one attached hydrogen (secondary N) is 1. The van der Waals surface area contributed by atoms with Gasteiger partial charge in [0.1, 0.15) is 5.82 Å². The van der Waals surface area contributed by atoms with Crippen molar-refractivity contribution in [2.45, 2.75) is 6.42 Å². The molecule has 3 rings (SSSR count). The number of halogens is 1. The summed E-state index contributed by atoms with van der Waals surface area (Å²) in [5, 5.41) is 5.52. The molecular formula is C20H19ClN6O3S. The lowest BCUT2D eigenvalue weighted by atomic mass is 10.1. The van der Waals surface area contributed by atoms with Crippen LogP contribution in [-0.2, 0) is 18.9 Å². The molecule has 0 saturated heterocycles. The van der Waals surface area contributed by atoms with E-state index in [1.54, 1.807) is 12.1 Å². The number of hydrogen-bond donors (Lipinski definition) is 2. The summed E-state index contributed by atoms with van der Waals surface area (Å²) >= 11 is 7.16. The quantitative estimate of drug-likeness (QED) is 0.549. The van der Waals surface area contributed by atoms with Crippen LogP contribution in [0, 0.1) is 0 Å². The molecule has 9 nitrogen and oxygen atoms in total. The second kappa shape index (κ2) is 9.11. The fourth-order valence-corrected chi connectivity index (χ4v) is 3.75. The number of aliphatic imine (C=N–C) groups is 1. The van der Waals surface area contributed by atoms with Gasteiger partial charge in [-0.15, -0.1) is 11.3 Å². The van der Waals surface area contributed by atoms with Gasteiger partial charge in [-0.2, -0.15) is 0 Å². The number of carbonyl (C=O) groups is 1. The molecule has 1 aromatic carbocycles. The third-order valence-corrected chi connectivity index (χ3v) is 5.53. The Morgan fingerprint density at radius 1 is 1.29 bits per heavy atom. The van der Waals surface area contributed by atoms with Crippen molar-refractivity contribution in [1.82, 2.24) is 14.1 Å². The fraction of sp³-hybridized carbons (Fsp3) is 0.150. The van der Waals surface area contributed by atoms with E-state index in [1.165, 1.54) is 31.6 Å². The summed E-state index contributed by atoms with van der Waals surface area (Å²) in [6.45, 7) is 3.39. The molecular weight excluding hydrogens is 440 g/mol. The van der Waals surface area contributed by atoms with Crippen LogP contribution < -0.4 is 22.3 Å². The van der Waals surface area contributed by atoms with Crippen molar-refractivity contribution < 1.29 is 4.79 Å². The molecule has 11 heteroatoms. The Morgan fingerprint density at radius 2 is 1.97 bits per heavy atom. The van der Waals surface area contributed by atoms with Gasteiger partial charge in [0.15, 0.2) is 5.13 Å². The molecule has 0 fully saturated rings. The van der Waals surface area contributed by atoms with Crippen molar-refractivity contribution in [1.29, 1.82) is 0 Å². The van der Waals surface area contributed by atoms with Gasteiger partial charge in [0.2, 0.25) is 5.91 Å². The molecule has 3 aromatic rings. The Balaban J connectivity index is 1.85. The lowest BCUT2D eigenvalue weighted by Crippen LogP contribution is -2.40. The monoisotopic (exact) mass is 458 g/mol. The highest BCUT2D eigenvalue weighted by Crippen LogP contribution is 2.27. The third-order valence-electron chi connectivity index (χ3n) is 4.52. The van der Waals surface area contributed by atoms with Gasteiger partial charge in [-0.3, -0.25) is 23.7 Å². The second-order valence-electron chi connectivity index (χ2n) is 6.57. The van der Waals surface area contributed by atoms with Crippen LogP contribution in [-0.4, -0.2) is 26.7 Å². The Hall–Kier alpha value is -3.50. The van der Waals surface area contributed by atoms with E-state index in [2.05, 4.69) is 22.0 Å². The van der Waals surface area contributed by atoms with Crippen molar-refractivity contribution in [3.8, 4) is 11.3 Å².